The molecule has 0 radical (unpaired) electrons. The molecule has 2 aromatic carbocycles. The first kappa shape index (κ1) is 19.6. The van der Waals surface area contributed by atoms with Crippen LogP contribution in [0.3, 0.4) is 0 Å². The van der Waals surface area contributed by atoms with Crippen molar-refractivity contribution in [2.24, 2.45) is 0 Å². The Morgan fingerprint density at radius 3 is 2.54 bits per heavy atom. The van der Waals surface area contributed by atoms with Gasteiger partial charge in [-0.2, -0.15) is 0 Å². The zero-order valence-electron chi connectivity index (χ0n) is 15.4. The Balaban J connectivity index is 2.28. The Morgan fingerprint density at radius 2 is 1.92 bits per heavy atom. The average molecular weight is 356 g/mol. The lowest BCUT2D eigenvalue weighted by Gasteiger charge is -2.20. The molecular weight excluding hydrogens is 330 g/mol. The van der Waals surface area contributed by atoms with Gasteiger partial charge in [-0.25, -0.2) is 0 Å². The van der Waals surface area contributed by atoms with Crippen LogP contribution in [0.15, 0.2) is 48.5 Å². The predicted molar refractivity (Wildman–Crippen MR) is 102 cm³/mol. The molecule has 0 aliphatic carbocycles. The van der Waals surface area contributed by atoms with Gasteiger partial charge in [-0.15, -0.1) is 0 Å². The van der Waals surface area contributed by atoms with E-state index in [2.05, 4.69) is 19.2 Å². The minimum atomic E-state index is -0.469. The molecule has 2 atom stereocenters. The Kier molecular flexibility index (Phi) is 6.86. The number of carbonyl (C=O) groups is 1. The number of nitro groups is 1. The van der Waals surface area contributed by atoms with Crippen LogP contribution in [0.25, 0.3) is 0 Å². The fourth-order valence-electron chi connectivity index (χ4n) is 3.00. The number of hydrogen-bond acceptors (Lipinski definition) is 3. The first-order chi connectivity index (χ1) is 12.4. The third-order valence-corrected chi connectivity index (χ3v) is 4.31. The molecule has 0 heterocycles. The highest BCUT2D eigenvalue weighted by Crippen LogP contribution is 2.26. The molecule has 0 fully saturated rings. The number of hydrogen-bond donors (Lipinski definition) is 2. The molecule has 0 saturated heterocycles. The summed E-state index contributed by atoms with van der Waals surface area (Å²) >= 11 is 0. The number of quaternary nitrogens is 1. The number of nitrogens with two attached hydrogens (primary N) is 1. The van der Waals surface area contributed by atoms with E-state index in [0.29, 0.717) is 0 Å². The van der Waals surface area contributed by atoms with Crippen LogP contribution in [0, 0.1) is 17.0 Å². The lowest BCUT2D eigenvalue weighted by Crippen LogP contribution is -2.91. The largest absolute Gasteiger partial charge is 0.330 e. The van der Waals surface area contributed by atoms with Gasteiger partial charge in [0.1, 0.15) is 5.69 Å². The zero-order chi connectivity index (χ0) is 19.1. The molecular formula is C20H26N3O3+. The van der Waals surface area contributed by atoms with E-state index in [4.69, 9.17) is 0 Å². The van der Waals surface area contributed by atoms with Crippen LogP contribution in [-0.4, -0.2) is 16.9 Å². The number of benzene rings is 2. The van der Waals surface area contributed by atoms with Crippen molar-refractivity contribution in [3.63, 3.8) is 0 Å². The smallest absolute Gasteiger partial charge is 0.293 e. The molecule has 3 N–H and O–H groups in total. The van der Waals surface area contributed by atoms with Gasteiger partial charge in [-0.05, 0) is 31.9 Å². The highest BCUT2D eigenvalue weighted by Gasteiger charge is 2.28. The third kappa shape index (κ3) is 5.13. The Bertz CT molecular complexity index is 762. The second-order valence-corrected chi connectivity index (χ2v) is 6.61. The molecule has 6 nitrogen and oxygen atoms in total. The van der Waals surface area contributed by atoms with E-state index in [1.165, 1.54) is 6.07 Å². The highest BCUT2D eigenvalue weighted by atomic mass is 16.6. The molecule has 2 aromatic rings. The molecule has 0 aliphatic heterocycles. The summed E-state index contributed by atoms with van der Waals surface area (Å²) in [6.07, 6.45) is 2.02. The summed E-state index contributed by atoms with van der Waals surface area (Å²) < 4.78 is 0. The van der Waals surface area contributed by atoms with Crippen molar-refractivity contribution in [2.75, 3.05) is 5.32 Å². The molecule has 0 saturated carbocycles. The van der Waals surface area contributed by atoms with Gasteiger partial charge in [0.2, 0.25) is 0 Å². The topological polar surface area (TPSA) is 88.8 Å². The van der Waals surface area contributed by atoms with Crippen molar-refractivity contribution in [3.05, 3.63) is 69.8 Å². The first-order valence-corrected chi connectivity index (χ1v) is 8.88. The van der Waals surface area contributed by atoms with E-state index in [9.17, 15) is 14.9 Å². The Labute approximate surface area is 153 Å². The van der Waals surface area contributed by atoms with Gasteiger partial charge in [-0.1, -0.05) is 49.7 Å². The number of carbonyl (C=O) groups excluding carboxylic acids is 1. The van der Waals surface area contributed by atoms with Crippen molar-refractivity contribution in [2.45, 2.75) is 45.7 Å². The minimum Gasteiger partial charge on any atom is -0.330 e. The van der Waals surface area contributed by atoms with Crippen LogP contribution in [0.4, 0.5) is 11.4 Å². The molecule has 138 valence electrons. The molecule has 6 heteroatoms. The number of amides is 1. The fraction of sp³-hybridized carbons (Fsp3) is 0.350. The zero-order valence-corrected chi connectivity index (χ0v) is 15.4. The molecule has 0 aromatic heterocycles. The van der Waals surface area contributed by atoms with Crippen molar-refractivity contribution in [1.82, 2.24) is 0 Å². The number of nitrogens with zero attached hydrogens (tertiary/aromatic N) is 1. The van der Waals surface area contributed by atoms with Crippen LogP contribution < -0.4 is 10.6 Å². The third-order valence-electron chi connectivity index (χ3n) is 4.31. The van der Waals surface area contributed by atoms with E-state index >= 15 is 0 Å². The second kappa shape index (κ2) is 9.10. The monoisotopic (exact) mass is 356 g/mol. The maximum atomic E-state index is 12.9. The minimum absolute atomic E-state index is 0.0910. The SMILES string of the molecule is CCC[C@H](C)[NH2+][C@@H](C(=O)Nc1ccc(C)cc1[N+](=O)[O-])c1ccccc1. The van der Waals surface area contributed by atoms with Crippen molar-refractivity contribution in [3.8, 4) is 0 Å². The fourth-order valence-corrected chi connectivity index (χ4v) is 3.00. The van der Waals surface area contributed by atoms with E-state index in [-0.39, 0.29) is 23.3 Å². The van der Waals surface area contributed by atoms with Crippen LogP contribution in [-0.2, 0) is 4.79 Å². The van der Waals surface area contributed by atoms with Gasteiger partial charge in [0.25, 0.3) is 11.6 Å². The van der Waals surface area contributed by atoms with Crippen molar-refractivity contribution < 1.29 is 15.0 Å². The van der Waals surface area contributed by atoms with Gasteiger partial charge in [0, 0.05) is 11.6 Å². The summed E-state index contributed by atoms with van der Waals surface area (Å²) in [5.74, 6) is -0.258. The molecule has 0 unspecified atom stereocenters. The lowest BCUT2D eigenvalue weighted by atomic mass is 10.0. The quantitative estimate of drug-likeness (QED) is 0.561. The molecule has 1 amide bonds. The van der Waals surface area contributed by atoms with Gasteiger partial charge < -0.3 is 10.6 Å². The predicted octanol–water partition coefficient (Wildman–Crippen LogP) is 3.34. The van der Waals surface area contributed by atoms with Crippen molar-refractivity contribution >= 4 is 17.3 Å². The normalized spacial score (nSPS) is 13.0. The first-order valence-electron chi connectivity index (χ1n) is 8.88. The van der Waals surface area contributed by atoms with E-state index in [1.54, 1.807) is 19.1 Å². The van der Waals surface area contributed by atoms with E-state index in [1.807, 2.05) is 35.6 Å². The summed E-state index contributed by atoms with van der Waals surface area (Å²) in [6.45, 7) is 5.98. The summed E-state index contributed by atoms with van der Waals surface area (Å²) in [6, 6.07) is 14.1. The number of rotatable bonds is 8. The van der Waals surface area contributed by atoms with Gasteiger partial charge >= 0.3 is 0 Å². The average Bonchev–Trinajstić information content (AvgIpc) is 2.62. The van der Waals surface area contributed by atoms with Crippen LogP contribution in [0.5, 0.6) is 0 Å². The summed E-state index contributed by atoms with van der Waals surface area (Å²) in [4.78, 5) is 23.8. The molecule has 0 spiro atoms. The second-order valence-electron chi connectivity index (χ2n) is 6.61. The standard InChI is InChI=1S/C20H25N3O3/c1-4-8-15(3)21-19(16-9-6-5-7-10-16)20(24)22-17-12-11-14(2)13-18(17)23(25)26/h5-7,9-13,15,19,21H,4,8H2,1-3H3,(H,22,24)/p+1/t15-,19+/m0/s1. The van der Waals surface area contributed by atoms with Crippen LogP contribution >= 0.6 is 0 Å². The number of anilines is 1. The maximum absolute atomic E-state index is 12.9. The number of nitrogens with one attached hydrogen (secondary N) is 1. The number of aryl methyl sites for hydroxylation is 1. The molecule has 2 rings (SSSR count). The summed E-state index contributed by atoms with van der Waals surface area (Å²) in [5.41, 5.74) is 1.79. The maximum Gasteiger partial charge on any atom is 0.293 e. The highest BCUT2D eigenvalue weighted by molar-refractivity contribution is 5.96. The molecule has 0 aliphatic rings. The van der Waals surface area contributed by atoms with Crippen molar-refractivity contribution in [1.29, 1.82) is 0 Å². The van der Waals surface area contributed by atoms with Gasteiger partial charge in [-0.3, -0.25) is 14.9 Å². The Morgan fingerprint density at radius 1 is 1.23 bits per heavy atom. The van der Waals surface area contributed by atoms with Crippen LogP contribution in [0.2, 0.25) is 0 Å². The summed E-state index contributed by atoms with van der Waals surface area (Å²) in [5, 5.41) is 16.1. The van der Waals surface area contributed by atoms with Gasteiger partial charge in [0.15, 0.2) is 6.04 Å². The van der Waals surface area contributed by atoms with Crippen LogP contribution in [0.1, 0.15) is 43.9 Å². The van der Waals surface area contributed by atoms with E-state index < -0.39 is 11.0 Å². The van der Waals surface area contributed by atoms with E-state index in [0.717, 1.165) is 24.0 Å². The lowest BCUT2D eigenvalue weighted by molar-refractivity contribution is -0.712. The molecule has 0 bridgehead atoms. The molecule has 26 heavy (non-hydrogen) atoms. The van der Waals surface area contributed by atoms with Gasteiger partial charge in [0.05, 0.1) is 11.0 Å². The Hall–Kier alpha value is -2.73. The summed E-state index contributed by atoms with van der Waals surface area (Å²) in [7, 11) is 0. The number of nitro benzene ring substituents is 1.